The number of amides is 2. The summed E-state index contributed by atoms with van der Waals surface area (Å²) in [5.74, 6) is 0.408. The number of rotatable bonds is 7. The Morgan fingerprint density at radius 2 is 1.94 bits per heavy atom. The Labute approximate surface area is 191 Å². The van der Waals surface area contributed by atoms with E-state index in [-0.39, 0.29) is 24.0 Å². The molecule has 1 aromatic heterocycles. The Kier molecular flexibility index (Phi) is 6.97. The van der Waals surface area contributed by atoms with E-state index in [0.717, 1.165) is 5.56 Å². The van der Waals surface area contributed by atoms with Gasteiger partial charge in [0.1, 0.15) is 17.0 Å². The average molecular weight is 457 g/mol. The Morgan fingerprint density at radius 1 is 1.16 bits per heavy atom. The van der Waals surface area contributed by atoms with Crippen LogP contribution in [-0.2, 0) is 9.53 Å². The van der Waals surface area contributed by atoms with Crippen molar-refractivity contribution in [2.75, 3.05) is 38.2 Å². The molecule has 1 fully saturated rings. The van der Waals surface area contributed by atoms with E-state index in [9.17, 15) is 9.59 Å². The number of ether oxygens (including phenoxy) is 2. The molecule has 1 aliphatic heterocycles. The number of hydrogen-bond acceptors (Lipinski definition) is 5. The van der Waals surface area contributed by atoms with Crippen LogP contribution in [0.1, 0.15) is 29.0 Å². The SMILES string of the molecule is Cc1cc(OCCCC(=O)Nc2c(C(=O)N3CCOCC3)oc3ccccc23)ccc1Cl. The van der Waals surface area contributed by atoms with E-state index in [1.165, 1.54) is 0 Å². The van der Waals surface area contributed by atoms with Gasteiger partial charge in [-0.15, -0.1) is 0 Å². The molecule has 2 amide bonds. The molecule has 0 spiro atoms. The van der Waals surface area contributed by atoms with E-state index in [2.05, 4.69) is 5.32 Å². The van der Waals surface area contributed by atoms with Crippen LogP contribution in [0.3, 0.4) is 0 Å². The number of benzene rings is 2. The molecule has 1 saturated heterocycles. The number of morpholine rings is 1. The van der Waals surface area contributed by atoms with E-state index in [1.807, 2.05) is 31.2 Å². The van der Waals surface area contributed by atoms with Crippen molar-refractivity contribution in [1.29, 1.82) is 0 Å². The highest BCUT2D eigenvalue weighted by molar-refractivity contribution is 6.31. The predicted octanol–water partition coefficient (Wildman–Crippen LogP) is 4.66. The Morgan fingerprint density at radius 3 is 2.72 bits per heavy atom. The molecule has 7 nitrogen and oxygen atoms in total. The average Bonchev–Trinajstić information content (AvgIpc) is 3.17. The summed E-state index contributed by atoms with van der Waals surface area (Å²) in [6, 6.07) is 12.7. The van der Waals surface area contributed by atoms with Gasteiger partial charge in [0.2, 0.25) is 11.7 Å². The molecule has 1 N–H and O–H groups in total. The molecule has 0 radical (unpaired) electrons. The second-order valence-electron chi connectivity index (χ2n) is 7.62. The third-order valence-corrected chi connectivity index (χ3v) is 5.72. The monoisotopic (exact) mass is 456 g/mol. The van der Waals surface area contributed by atoms with Crippen LogP contribution in [0.4, 0.5) is 5.69 Å². The van der Waals surface area contributed by atoms with Crippen LogP contribution in [-0.4, -0.2) is 49.6 Å². The quantitative estimate of drug-likeness (QED) is 0.523. The summed E-state index contributed by atoms with van der Waals surface area (Å²) < 4.78 is 16.9. The predicted molar refractivity (Wildman–Crippen MR) is 122 cm³/mol. The van der Waals surface area contributed by atoms with Gasteiger partial charge in [0.25, 0.3) is 5.91 Å². The number of carbonyl (C=O) groups is 2. The maximum Gasteiger partial charge on any atom is 0.291 e. The summed E-state index contributed by atoms with van der Waals surface area (Å²) in [7, 11) is 0. The van der Waals surface area contributed by atoms with Crippen LogP contribution in [0, 0.1) is 6.92 Å². The number of anilines is 1. The molecule has 0 atom stereocenters. The minimum Gasteiger partial charge on any atom is -0.494 e. The number of nitrogens with one attached hydrogen (secondary N) is 1. The van der Waals surface area contributed by atoms with Crippen LogP contribution >= 0.6 is 11.6 Å². The zero-order valence-corrected chi connectivity index (χ0v) is 18.6. The van der Waals surface area contributed by atoms with Gasteiger partial charge in [-0.25, -0.2) is 0 Å². The number of aryl methyl sites for hydroxylation is 1. The lowest BCUT2D eigenvalue weighted by atomic mass is 10.2. The first kappa shape index (κ1) is 22.2. The summed E-state index contributed by atoms with van der Waals surface area (Å²) >= 11 is 6.03. The molecule has 0 aliphatic carbocycles. The first-order valence-electron chi connectivity index (χ1n) is 10.6. The Hall–Kier alpha value is -3.03. The van der Waals surface area contributed by atoms with Crippen molar-refractivity contribution >= 4 is 40.1 Å². The van der Waals surface area contributed by atoms with Gasteiger partial charge in [0.15, 0.2) is 0 Å². The molecule has 32 heavy (non-hydrogen) atoms. The number of halogens is 1. The number of carbonyl (C=O) groups excluding carboxylic acids is 2. The van der Waals surface area contributed by atoms with Crippen molar-refractivity contribution in [3.8, 4) is 5.75 Å². The van der Waals surface area contributed by atoms with E-state index in [1.54, 1.807) is 23.1 Å². The minimum absolute atomic E-state index is 0.148. The third kappa shape index (κ3) is 5.06. The van der Waals surface area contributed by atoms with Gasteiger partial charge in [-0.05, 0) is 49.2 Å². The number of fused-ring (bicyclic) bond motifs is 1. The van der Waals surface area contributed by atoms with Gasteiger partial charge in [-0.2, -0.15) is 0 Å². The first-order valence-corrected chi connectivity index (χ1v) is 11.0. The topological polar surface area (TPSA) is 81.0 Å². The zero-order chi connectivity index (χ0) is 22.5. The van der Waals surface area contributed by atoms with Crippen LogP contribution in [0.5, 0.6) is 5.75 Å². The summed E-state index contributed by atoms with van der Waals surface area (Å²) in [5.41, 5.74) is 1.91. The molecule has 3 aromatic rings. The normalized spacial score (nSPS) is 13.9. The van der Waals surface area contributed by atoms with E-state index in [4.69, 9.17) is 25.5 Å². The van der Waals surface area contributed by atoms with Crippen LogP contribution in [0.15, 0.2) is 46.9 Å². The fourth-order valence-electron chi connectivity index (χ4n) is 3.56. The summed E-state index contributed by atoms with van der Waals surface area (Å²) in [4.78, 5) is 27.4. The maximum atomic E-state index is 13.0. The molecule has 2 aromatic carbocycles. The van der Waals surface area contributed by atoms with Crippen molar-refractivity contribution in [3.05, 3.63) is 58.8 Å². The van der Waals surface area contributed by atoms with Gasteiger partial charge >= 0.3 is 0 Å². The van der Waals surface area contributed by atoms with Crippen molar-refractivity contribution in [2.24, 2.45) is 0 Å². The van der Waals surface area contributed by atoms with E-state index >= 15 is 0 Å². The molecule has 1 aliphatic rings. The molecule has 4 rings (SSSR count). The van der Waals surface area contributed by atoms with Crippen molar-refractivity contribution in [1.82, 2.24) is 4.90 Å². The van der Waals surface area contributed by atoms with Crippen molar-refractivity contribution in [2.45, 2.75) is 19.8 Å². The molecule has 0 saturated carbocycles. The zero-order valence-electron chi connectivity index (χ0n) is 17.9. The molecular formula is C24H25ClN2O5. The van der Waals surface area contributed by atoms with Gasteiger partial charge in [0, 0.05) is 29.9 Å². The highest BCUT2D eigenvalue weighted by atomic mass is 35.5. The molecular weight excluding hydrogens is 432 g/mol. The lowest BCUT2D eigenvalue weighted by Crippen LogP contribution is -2.40. The fraction of sp³-hybridized carbons (Fsp3) is 0.333. The smallest absolute Gasteiger partial charge is 0.291 e. The standard InChI is InChI=1S/C24H25ClN2O5/c1-16-15-17(8-9-19(16)25)31-12-4-7-21(28)26-22-18-5-2-3-6-20(18)32-23(22)24(29)27-10-13-30-14-11-27/h2-3,5-6,8-9,15H,4,7,10-14H2,1H3,(H,26,28). The van der Waals surface area contributed by atoms with Crippen LogP contribution < -0.4 is 10.1 Å². The lowest BCUT2D eigenvalue weighted by Gasteiger charge is -2.26. The maximum absolute atomic E-state index is 13.0. The van der Waals surface area contributed by atoms with E-state index < -0.39 is 0 Å². The molecule has 0 bridgehead atoms. The molecule has 8 heteroatoms. The van der Waals surface area contributed by atoms with Crippen molar-refractivity contribution in [3.63, 3.8) is 0 Å². The first-order chi connectivity index (χ1) is 15.5. The third-order valence-electron chi connectivity index (χ3n) is 5.30. The van der Waals surface area contributed by atoms with Crippen LogP contribution in [0.25, 0.3) is 11.0 Å². The summed E-state index contributed by atoms with van der Waals surface area (Å²) in [6.45, 7) is 4.25. The number of nitrogens with zero attached hydrogens (tertiary/aromatic N) is 1. The number of hydrogen-bond donors (Lipinski definition) is 1. The van der Waals surface area contributed by atoms with Crippen molar-refractivity contribution < 1.29 is 23.5 Å². The highest BCUT2D eigenvalue weighted by Gasteiger charge is 2.27. The second kappa shape index (κ2) is 10.1. The summed E-state index contributed by atoms with van der Waals surface area (Å²) in [5, 5.41) is 4.27. The van der Waals surface area contributed by atoms with Gasteiger partial charge in [-0.1, -0.05) is 23.7 Å². The van der Waals surface area contributed by atoms with Crippen LogP contribution in [0.2, 0.25) is 5.02 Å². The Bertz CT molecular complexity index is 1120. The lowest BCUT2D eigenvalue weighted by molar-refractivity contribution is -0.116. The number of para-hydroxylation sites is 1. The second-order valence-corrected chi connectivity index (χ2v) is 8.03. The molecule has 0 unspecified atom stereocenters. The number of furan rings is 1. The Balaban J connectivity index is 1.40. The van der Waals surface area contributed by atoms with Gasteiger partial charge in [-0.3, -0.25) is 9.59 Å². The largest absolute Gasteiger partial charge is 0.494 e. The van der Waals surface area contributed by atoms with Gasteiger partial charge < -0.3 is 24.1 Å². The van der Waals surface area contributed by atoms with Gasteiger partial charge in [0.05, 0.1) is 19.8 Å². The fourth-order valence-corrected chi connectivity index (χ4v) is 3.68. The van der Waals surface area contributed by atoms with E-state index in [0.29, 0.717) is 66.8 Å². The molecule has 2 heterocycles. The highest BCUT2D eigenvalue weighted by Crippen LogP contribution is 2.32. The summed E-state index contributed by atoms with van der Waals surface area (Å²) in [6.07, 6.45) is 0.771. The molecule has 168 valence electrons. The minimum atomic E-state index is -0.249.